The molecular formula is C74H50N2O. The van der Waals surface area contributed by atoms with Crippen LogP contribution in [0, 0.1) is 0 Å². The lowest BCUT2D eigenvalue weighted by Crippen LogP contribution is -2.12. The Hall–Kier alpha value is -10.2. The molecule has 13 aromatic carbocycles. The second-order valence-electron chi connectivity index (χ2n) is 19.7. The first-order valence-electron chi connectivity index (χ1n) is 26.3. The van der Waals surface area contributed by atoms with E-state index in [1.165, 1.54) is 38.4 Å². The molecule has 77 heavy (non-hydrogen) atoms. The molecule has 362 valence electrons. The van der Waals surface area contributed by atoms with Gasteiger partial charge in [-0.05, 0) is 157 Å². The maximum Gasteiger partial charge on any atom is 0.143 e. The number of hydrogen-bond donors (Lipinski definition) is 0. The predicted octanol–water partition coefficient (Wildman–Crippen LogP) is 21.2. The number of nitrogens with zero attached hydrogens (tertiary/aromatic N) is 2. The van der Waals surface area contributed by atoms with E-state index in [1.807, 2.05) is 0 Å². The van der Waals surface area contributed by atoms with E-state index < -0.39 is 0 Å². The van der Waals surface area contributed by atoms with Crippen LogP contribution < -0.4 is 9.80 Å². The van der Waals surface area contributed by atoms with Gasteiger partial charge in [0, 0.05) is 50.2 Å². The minimum Gasteiger partial charge on any atom is -0.455 e. The van der Waals surface area contributed by atoms with Crippen LogP contribution in [0.5, 0.6) is 0 Å². The lowest BCUT2D eigenvalue weighted by Gasteiger charge is -2.29. The van der Waals surface area contributed by atoms with E-state index in [1.54, 1.807) is 0 Å². The number of para-hydroxylation sites is 1. The topological polar surface area (TPSA) is 19.6 Å². The fourth-order valence-corrected chi connectivity index (χ4v) is 11.2. The number of fused-ring (bicyclic) bond motifs is 6. The molecule has 0 amide bonds. The van der Waals surface area contributed by atoms with Crippen molar-refractivity contribution in [3.8, 4) is 55.6 Å². The minimum atomic E-state index is 0.884. The van der Waals surface area contributed by atoms with Crippen LogP contribution in [-0.2, 0) is 0 Å². The summed E-state index contributed by atoms with van der Waals surface area (Å²) in [6, 6.07) is 109. The van der Waals surface area contributed by atoms with Crippen molar-refractivity contribution in [1.29, 1.82) is 0 Å². The molecule has 0 aliphatic rings. The lowest BCUT2D eigenvalue weighted by atomic mass is 9.98. The zero-order valence-electron chi connectivity index (χ0n) is 42.2. The molecular weight excluding hydrogens is 933 g/mol. The molecule has 0 saturated heterocycles. The highest BCUT2D eigenvalue weighted by Gasteiger charge is 2.21. The highest BCUT2D eigenvalue weighted by molar-refractivity contribution is 6.15. The molecule has 1 heterocycles. The van der Waals surface area contributed by atoms with Crippen molar-refractivity contribution in [2.24, 2.45) is 0 Å². The van der Waals surface area contributed by atoms with E-state index in [4.69, 9.17) is 4.42 Å². The van der Waals surface area contributed by atoms with E-state index in [0.29, 0.717) is 0 Å². The molecule has 0 unspecified atom stereocenters. The third-order valence-electron chi connectivity index (χ3n) is 15.0. The minimum absolute atomic E-state index is 0.884. The summed E-state index contributed by atoms with van der Waals surface area (Å²) in [7, 11) is 0. The van der Waals surface area contributed by atoms with Gasteiger partial charge < -0.3 is 14.2 Å². The van der Waals surface area contributed by atoms with Crippen molar-refractivity contribution in [3.63, 3.8) is 0 Å². The summed E-state index contributed by atoms with van der Waals surface area (Å²) in [6.45, 7) is 0. The van der Waals surface area contributed by atoms with Crippen LogP contribution in [0.1, 0.15) is 0 Å². The molecule has 14 rings (SSSR count). The fraction of sp³-hybridized carbons (Fsp3) is 0. The lowest BCUT2D eigenvalue weighted by molar-refractivity contribution is 0.673. The summed E-state index contributed by atoms with van der Waals surface area (Å²) in [5.74, 6) is 0. The summed E-state index contributed by atoms with van der Waals surface area (Å²) < 4.78 is 6.62. The predicted molar refractivity (Wildman–Crippen MR) is 325 cm³/mol. The zero-order valence-corrected chi connectivity index (χ0v) is 42.2. The maximum absolute atomic E-state index is 6.62. The number of anilines is 6. The molecule has 0 radical (unpaired) electrons. The Bertz CT molecular complexity index is 4450. The van der Waals surface area contributed by atoms with Crippen molar-refractivity contribution in [2.75, 3.05) is 9.80 Å². The van der Waals surface area contributed by atoms with Gasteiger partial charge in [0.2, 0.25) is 0 Å². The van der Waals surface area contributed by atoms with Crippen LogP contribution in [0.2, 0.25) is 0 Å². The second-order valence-corrected chi connectivity index (χ2v) is 19.7. The van der Waals surface area contributed by atoms with Gasteiger partial charge in [0.25, 0.3) is 0 Å². The van der Waals surface area contributed by atoms with Gasteiger partial charge in [-0.2, -0.15) is 0 Å². The Labute approximate surface area is 448 Å². The van der Waals surface area contributed by atoms with E-state index in [-0.39, 0.29) is 0 Å². The van der Waals surface area contributed by atoms with Crippen molar-refractivity contribution >= 4 is 77.6 Å². The monoisotopic (exact) mass is 982 g/mol. The number of rotatable bonds is 11. The standard InChI is InChI=1S/C74H50N2O/c1-4-17-51(18-5-1)56-24-14-27-64(46-56)75(63-40-35-54(36-41-63)61-39-43-70-71-44-38-55-23-10-11-31-69(55)74(71)77-73(70)50-61)65-28-16-26-62(49-65)68-30-12-13-32-72(68)76(66-29-15-25-57(47-66)52-19-6-2-7-20-52)67-42-37-59-45-58(33-34-60(59)48-67)53-21-8-3-9-22-53/h1-50H. The van der Waals surface area contributed by atoms with Gasteiger partial charge in [0.05, 0.1) is 5.69 Å². The Morgan fingerprint density at radius 2 is 0.662 bits per heavy atom. The van der Waals surface area contributed by atoms with Gasteiger partial charge in [0.15, 0.2) is 0 Å². The summed E-state index contributed by atoms with van der Waals surface area (Å²) >= 11 is 0. The van der Waals surface area contributed by atoms with Crippen LogP contribution in [-0.4, -0.2) is 0 Å². The first-order valence-corrected chi connectivity index (χ1v) is 26.3. The van der Waals surface area contributed by atoms with E-state index in [0.717, 1.165) is 94.8 Å². The molecule has 0 N–H and O–H groups in total. The van der Waals surface area contributed by atoms with Crippen molar-refractivity contribution in [1.82, 2.24) is 0 Å². The van der Waals surface area contributed by atoms with Gasteiger partial charge in [-0.15, -0.1) is 0 Å². The van der Waals surface area contributed by atoms with Crippen LogP contribution in [0.3, 0.4) is 0 Å². The molecule has 3 nitrogen and oxygen atoms in total. The molecule has 0 saturated carbocycles. The number of hydrogen-bond acceptors (Lipinski definition) is 3. The molecule has 0 fully saturated rings. The van der Waals surface area contributed by atoms with Crippen molar-refractivity contribution < 1.29 is 4.42 Å². The smallest absolute Gasteiger partial charge is 0.143 e. The molecule has 0 spiro atoms. The highest BCUT2D eigenvalue weighted by Crippen LogP contribution is 2.46. The summed E-state index contributed by atoms with van der Waals surface area (Å²) in [6.07, 6.45) is 0. The largest absolute Gasteiger partial charge is 0.455 e. The van der Waals surface area contributed by atoms with Crippen molar-refractivity contribution in [2.45, 2.75) is 0 Å². The fourth-order valence-electron chi connectivity index (χ4n) is 11.2. The molecule has 0 aliphatic carbocycles. The molecule has 14 aromatic rings. The Balaban J connectivity index is 0.880. The van der Waals surface area contributed by atoms with Gasteiger partial charge in [0.1, 0.15) is 11.2 Å². The number of benzene rings is 13. The quantitative estimate of drug-likeness (QED) is 0.129. The molecule has 3 heteroatoms. The summed E-state index contributed by atoms with van der Waals surface area (Å²) in [5.41, 5.74) is 19.7. The van der Waals surface area contributed by atoms with Gasteiger partial charge in [-0.1, -0.05) is 212 Å². The SMILES string of the molecule is c1ccc(-c2cccc(N(c3ccc(-c4ccc5c(c4)oc4c6ccccc6ccc54)cc3)c3cccc(-c4ccccc4N(c4cccc(-c5ccccc5)c4)c4ccc5cc(-c6ccccc6)ccc5c4)c3)c2)cc1. The van der Waals surface area contributed by atoms with Gasteiger partial charge in [-0.3, -0.25) is 0 Å². The maximum atomic E-state index is 6.62. The highest BCUT2D eigenvalue weighted by atomic mass is 16.3. The van der Waals surface area contributed by atoms with Crippen LogP contribution >= 0.6 is 0 Å². The summed E-state index contributed by atoms with van der Waals surface area (Å²) in [5, 5.41) is 6.93. The zero-order chi connectivity index (χ0) is 51.1. The average Bonchev–Trinajstić information content (AvgIpc) is 3.90. The third kappa shape index (κ3) is 8.66. The molecule has 0 atom stereocenters. The van der Waals surface area contributed by atoms with Gasteiger partial charge >= 0.3 is 0 Å². The normalized spacial score (nSPS) is 11.4. The molecule has 0 aliphatic heterocycles. The van der Waals surface area contributed by atoms with Gasteiger partial charge in [-0.25, -0.2) is 0 Å². The van der Waals surface area contributed by atoms with Crippen LogP contribution in [0.15, 0.2) is 308 Å². The average molecular weight is 983 g/mol. The summed E-state index contributed by atoms with van der Waals surface area (Å²) in [4.78, 5) is 4.80. The molecule has 1 aromatic heterocycles. The van der Waals surface area contributed by atoms with Crippen molar-refractivity contribution in [3.05, 3.63) is 303 Å². The van der Waals surface area contributed by atoms with Crippen LogP contribution in [0.25, 0.3) is 99.1 Å². The Morgan fingerprint density at radius 1 is 0.221 bits per heavy atom. The number of furan rings is 1. The molecule has 0 bridgehead atoms. The third-order valence-corrected chi connectivity index (χ3v) is 15.0. The van der Waals surface area contributed by atoms with Crippen LogP contribution in [0.4, 0.5) is 34.1 Å². The first-order chi connectivity index (χ1) is 38.1. The first kappa shape index (κ1) is 45.4. The van der Waals surface area contributed by atoms with E-state index >= 15 is 0 Å². The Morgan fingerprint density at radius 3 is 1.35 bits per heavy atom. The van der Waals surface area contributed by atoms with E-state index in [2.05, 4.69) is 313 Å². The second kappa shape index (κ2) is 19.6. The van der Waals surface area contributed by atoms with E-state index in [9.17, 15) is 0 Å². The Kier molecular flexibility index (Phi) is 11.5.